The maximum absolute atomic E-state index is 11.1. The van der Waals surface area contributed by atoms with Crippen molar-refractivity contribution in [1.29, 1.82) is 0 Å². The molecule has 0 aromatic heterocycles. The maximum Gasteiger partial charge on any atom is 0.320 e. The van der Waals surface area contributed by atoms with Gasteiger partial charge in [0, 0.05) is 14.1 Å². The van der Waals surface area contributed by atoms with E-state index in [0.29, 0.717) is 0 Å². The number of rotatable bonds is 5. The highest BCUT2D eigenvalue weighted by atomic mass is 32.2. The molecule has 0 aromatic carbocycles. The van der Waals surface area contributed by atoms with Crippen molar-refractivity contribution in [2.75, 3.05) is 19.8 Å². The van der Waals surface area contributed by atoms with E-state index in [1.54, 1.807) is 0 Å². The lowest BCUT2D eigenvalue weighted by molar-refractivity contribution is -0.138. The van der Waals surface area contributed by atoms with Crippen LogP contribution >= 0.6 is 0 Å². The van der Waals surface area contributed by atoms with Gasteiger partial charge >= 0.3 is 5.97 Å². The Kier molecular flexibility index (Phi) is 4.31. The number of hydrogen-bond donors (Lipinski definition) is 2. The SMILES string of the molecule is CN(C)S(=O)(=O)CC[C@H](N)C(=O)O. The molecule has 0 radical (unpaired) electrons. The van der Waals surface area contributed by atoms with Gasteiger partial charge in [-0.2, -0.15) is 0 Å². The second-order valence-corrected chi connectivity index (χ2v) is 5.13. The molecule has 78 valence electrons. The molecule has 3 N–H and O–H groups in total. The van der Waals surface area contributed by atoms with E-state index in [1.807, 2.05) is 0 Å². The van der Waals surface area contributed by atoms with Gasteiger partial charge < -0.3 is 10.8 Å². The molecule has 0 rings (SSSR count). The molecule has 0 bridgehead atoms. The van der Waals surface area contributed by atoms with E-state index in [4.69, 9.17) is 10.8 Å². The summed E-state index contributed by atoms with van der Waals surface area (Å²) >= 11 is 0. The Bertz CT molecular complexity index is 272. The minimum atomic E-state index is -3.34. The van der Waals surface area contributed by atoms with E-state index in [9.17, 15) is 13.2 Å². The highest BCUT2D eigenvalue weighted by molar-refractivity contribution is 7.89. The zero-order valence-corrected chi connectivity index (χ0v) is 8.41. The van der Waals surface area contributed by atoms with Gasteiger partial charge in [-0.15, -0.1) is 0 Å². The predicted octanol–water partition coefficient (Wildman–Crippen LogP) is -1.32. The predicted molar refractivity (Wildman–Crippen MR) is 47.7 cm³/mol. The summed E-state index contributed by atoms with van der Waals surface area (Å²) in [5, 5.41) is 8.38. The van der Waals surface area contributed by atoms with Crippen LogP contribution in [-0.2, 0) is 14.8 Å². The lowest BCUT2D eigenvalue weighted by Crippen LogP contribution is -2.34. The normalized spacial score (nSPS) is 14.5. The van der Waals surface area contributed by atoms with Gasteiger partial charge in [0.2, 0.25) is 10.0 Å². The van der Waals surface area contributed by atoms with Gasteiger partial charge in [0.25, 0.3) is 0 Å². The molecule has 0 heterocycles. The average Bonchev–Trinajstić information content (AvgIpc) is 1.99. The number of carbonyl (C=O) groups is 1. The summed E-state index contributed by atoms with van der Waals surface area (Å²) in [4.78, 5) is 10.3. The average molecular weight is 210 g/mol. The number of sulfonamides is 1. The van der Waals surface area contributed by atoms with E-state index in [0.717, 1.165) is 4.31 Å². The number of nitrogens with zero attached hydrogens (tertiary/aromatic N) is 1. The molecule has 1 atom stereocenters. The highest BCUT2D eigenvalue weighted by Crippen LogP contribution is 1.99. The van der Waals surface area contributed by atoms with Crippen LogP contribution in [0.4, 0.5) is 0 Å². The number of hydrogen-bond acceptors (Lipinski definition) is 4. The Labute approximate surface area is 77.4 Å². The minimum absolute atomic E-state index is 0.0736. The van der Waals surface area contributed by atoms with E-state index < -0.39 is 22.0 Å². The van der Waals surface area contributed by atoms with Crippen LogP contribution in [0.1, 0.15) is 6.42 Å². The first kappa shape index (κ1) is 12.3. The molecule has 13 heavy (non-hydrogen) atoms. The fourth-order valence-corrected chi connectivity index (χ4v) is 1.50. The Balaban J connectivity index is 4.11. The van der Waals surface area contributed by atoms with Gasteiger partial charge in [-0.1, -0.05) is 0 Å². The maximum atomic E-state index is 11.1. The molecule has 0 saturated carbocycles. The number of carboxylic acids is 1. The van der Waals surface area contributed by atoms with Gasteiger partial charge in [-0.05, 0) is 6.42 Å². The number of nitrogens with two attached hydrogens (primary N) is 1. The fraction of sp³-hybridized carbons (Fsp3) is 0.833. The van der Waals surface area contributed by atoms with Crippen molar-refractivity contribution in [2.45, 2.75) is 12.5 Å². The third-order valence-corrected chi connectivity index (χ3v) is 3.42. The van der Waals surface area contributed by atoms with Crippen molar-refractivity contribution in [3.05, 3.63) is 0 Å². The van der Waals surface area contributed by atoms with Gasteiger partial charge in [-0.25, -0.2) is 12.7 Å². The fourth-order valence-electron chi connectivity index (χ4n) is 0.582. The Morgan fingerprint density at radius 1 is 1.54 bits per heavy atom. The topological polar surface area (TPSA) is 101 Å². The van der Waals surface area contributed by atoms with Crippen LogP contribution in [0.25, 0.3) is 0 Å². The van der Waals surface area contributed by atoms with E-state index in [1.165, 1.54) is 14.1 Å². The van der Waals surface area contributed by atoms with Crippen molar-refractivity contribution >= 4 is 16.0 Å². The first-order chi connectivity index (χ1) is 5.77. The largest absolute Gasteiger partial charge is 0.480 e. The van der Waals surface area contributed by atoms with Crippen LogP contribution in [-0.4, -0.2) is 49.7 Å². The van der Waals surface area contributed by atoms with E-state index >= 15 is 0 Å². The molecule has 7 heteroatoms. The molecule has 6 nitrogen and oxygen atoms in total. The van der Waals surface area contributed by atoms with Crippen molar-refractivity contribution in [3.63, 3.8) is 0 Å². The smallest absolute Gasteiger partial charge is 0.320 e. The molecule has 0 unspecified atom stereocenters. The molecular weight excluding hydrogens is 196 g/mol. The standard InChI is InChI=1S/C6H14N2O4S/c1-8(2)13(11,12)4-3-5(7)6(9)10/h5H,3-4,7H2,1-2H3,(H,9,10)/t5-/m0/s1. The molecule has 0 amide bonds. The number of carboxylic acid groups (broad SMARTS) is 1. The molecule has 0 saturated heterocycles. The van der Waals surface area contributed by atoms with Crippen molar-refractivity contribution in [1.82, 2.24) is 4.31 Å². The van der Waals surface area contributed by atoms with Crippen molar-refractivity contribution in [2.24, 2.45) is 5.73 Å². The third-order valence-electron chi connectivity index (χ3n) is 1.56. The van der Waals surface area contributed by atoms with Gasteiger partial charge in [0.15, 0.2) is 0 Å². The summed E-state index contributed by atoms with van der Waals surface area (Å²) in [7, 11) is -0.556. The van der Waals surface area contributed by atoms with Crippen molar-refractivity contribution < 1.29 is 18.3 Å². The van der Waals surface area contributed by atoms with E-state index in [2.05, 4.69) is 0 Å². The lowest BCUT2D eigenvalue weighted by Gasteiger charge is -2.12. The summed E-state index contributed by atoms with van der Waals surface area (Å²) in [6.45, 7) is 0. The van der Waals surface area contributed by atoms with Gasteiger partial charge in [0.1, 0.15) is 6.04 Å². The van der Waals surface area contributed by atoms with Crippen LogP contribution in [0, 0.1) is 0 Å². The Morgan fingerprint density at radius 3 is 2.31 bits per heavy atom. The van der Waals surface area contributed by atoms with Crippen LogP contribution < -0.4 is 5.73 Å². The van der Waals surface area contributed by atoms with Crippen LogP contribution in [0.2, 0.25) is 0 Å². The summed E-state index contributed by atoms with van der Waals surface area (Å²) in [6, 6.07) is -1.12. The summed E-state index contributed by atoms with van der Waals surface area (Å²) < 4.78 is 23.3. The third kappa shape index (κ3) is 4.20. The van der Waals surface area contributed by atoms with Crippen LogP contribution in [0.15, 0.2) is 0 Å². The molecule has 0 spiro atoms. The monoisotopic (exact) mass is 210 g/mol. The van der Waals surface area contributed by atoms with Gasteiger partial charge in [0.05, 0.1) is 5.75 Å². The van der Waals surface area contributed by atoms with Crippen molar-refractivity contribution in [3.8, 4) is 0 Å². The Hall–Kier alpha value is -0.660. The first-order valence-electron chi connectivity index (χ1n) is 3.66. The lowest BCUT2D eigenvalue weighted by atomic mass is 10.2. The van der Waals surface area contributed by atoms with E-state index in [-0.39, 0.29) is 12.2 Å². The summed E-state index contributed by atoms with van der Waals surface area (Å²) in [6.07, 6.45) is -0.0736. The highest BCUT2D eigenvalue weighted by Gasteiger charge is 2.18. The second kappa shape index (κ2) is 4.54. The molecule has 0 aliphatic carbocycles. The molecule has 0 fully saturated rings. The minimum Gasteiger partial charge on any atom is -0.480 e. The first-order valence-corrected chi connectivity index (χ1v) is 5.27. The molecule has 0 aromatic rings. The zero-order valence-electron chi connectivity index (χ0n) is 7.60. The number of aliphatic carboxylic acids is 1. The Morgan fingerprint density at radius 2 is 2.00 bits per heavy atom. The summed E-state index contributed by atoms with van der Waals surface area (Å²) in [5.74, 6) is -1.43. The summed E-state index contributed by atoms with van der Waals surface area (Å²) in [5.41, 5.74) is 5.14. The van der Waals surface area contributed by atoms with Gasteiger partial charge in [-0.3, -0.25) is 4.79 Å². The molecule has 0 aliphatic heterocycles. The quantitative estimate of drug-likeness (QED) is 0.586. The van der Waals surface area contributed by atoms with Crippen LogP contribution in [0.5, 0.6) is 0 Å². The zero-order chi connectivity index (χ0) is 10.6. The molecule has 0 aliphatic rings. The second-order valence-electron chi connectivity index (χ2n) is 2.83. The molecular formula is C6H14N2O4S. The van der Waals surface area contributed by atoms with Crippen LogP contribution in [0.3, 0.4) is 0 Å².